The number of carbonyl (C=O) groups excluding carboxylic acids is 1. The van der Waals surface area contributed by atoms with E-state index in [0.29, 0.717) is 17.4 Å². The van der Waals surface area contributed by atoms with Crippen LogP contribution < -0.4 is 5.32 Å². The van der Waals surface area contributed by atoms with Crippen molar-refractivity contribution in [1.29, 1.82) is 0 Å². The Morgan fingerprint density at radius 2 is 0.733 bits per heavy atom. The summed E-state index contributed by atoms with van der Waals surface area (Å²) < 4.78 is 23.7. The molecule has 0 aliphatic rings. The lowest BCUT2D eigenvalue weighted by Gasteiger charge is -2.25. The fourth-order valence-corrected chi connectivity index (χ4v) is 11.0. The molecule has 0 fully saturated rings. The van der Waals surface area contributed by atoms with Crippen molar-refractivity contribution in [3.8, 4) is 0 Å². The van der Waals surface area contributed by atoms with E-state index in [4.69, 9.17) is 9.05 Å². The lowest BCUT2D eigenvalue weighted by Crippen LogP contribution is -2.45. The second kappa shape index (κ2) is 57.7. The van der Waals surface area contributed by atoms with E-state index in [1.54, 1.807) is 6.08 Å². The number of unbranched alkanes of at least 4 members (excludes halogenated alkanes) is 47. The average molecular weight is 1080 g/mol. The van der Waals surface area contributed by atoms with E-state index in [2.05, 4.69) is 31.3 Å². The zero-order valence-electron chi connectivity index (χ0n) is 51.1. The Balaban J connectivity index is 3.85. The molecule has 0 spiro atoms. The van der Waals surface area contributed by atoms with Crippen LogP contribution in [-0.2, 0) is 18.4 Å². The number of nitrogens with zero attached hydrogens (tertiary/aromatic N) is 1. The number of quaternary nitrogens is 1. The summed E-state index contributed by atoms with van der Waals surface area (Å²) in [4.78, 5) is 23.3. The predicted octanol–water partition coefficient (Wildman–Crippen LogP) is 20.7. The minimum atomic E-state index is -4.35. The molecular weight excluding hydrogens is 948 g/mol. The van der Waals surface area contributed by atoms with E-state index >= 15 is 0 Å². The Morgan fingerprint density at radius 3 is 1.07 bits per heavy atom. The highest BCUT2D eigenvalue weighted by atomic mass is 31.2. The zero-order valence-corrected chi connectivity index (χ0v) is 52.0. The van der Waals surface area contributed by atoms with Gasteiger partial charge in [-0.3, -0.25) is 13.8 Å². The Bertz CT molecular complexity index is 1270. The molecule has 0 aromatic rings. The SMILES string of the molecule is CCCCCCCCCC/C=C/CC/C=C/C(O)C(COP(=O)(O)OCC[N+](C)(C)C)NC(=O)CCCCCCCCCCCCCCCCCCCCCCCCCCCCCCCCCCCCCCCCC. The van der Waals surface area contributed by atoms with Crippen LogP contribution in [0, 0.1) is 0 Å². The number of amides is 1. The molecule has 0 bridgehead atoms. The van der Waals surface area contributed by atoms with E-state index in [0.717, 1.165) is 38.5 Å². The van der Waals surface area contributed by atoms with Gasteiger partial charge in [-0.05, 0) is 32.1 Å². The van der Waals surface area contributed by atoms with Crippen LogP contribution in [-0.4, -0.2) is 73.4 Å². The zero-order chi connectivity index (χ0) is 54.9. The first kappa shape index (κ1) is 74.0. The highest BCUT2D eigenvalue weighted by molar-refractivity contribution is 7.47. The molecule has 3 N–H and O–H groups in total. The highest BCUT2D eigenvalue weighted by Gasteiger charge is 2.28. The van der Waals surface area contributed by atoms with Crippen molar-refractivity contribution in [2.45, 2.75) is 353 Å². The lowest BCUT2D eigenvalue weighted by atomic mass is 10.0. The molecule has 0 saturated carbocycles. The third-order valence-corrected chi connectivity index (χ3v) is 16.4. The van der Waals surface area contributed by atoms with Gasteiger partial charge in [0.05, 0.1) is 39.9 Å². The van der Waals surface area contributed by atoms with Crippen molar-refractivity contribution in [2.24, 2.45) is 0 Å². The number of likely N-dealkylation sites (N-methyl/N-ethyl adjacent to an activating group) is 1. The van der Waals surface area contributed by atoms with Crippen molar-refractivity contribution in [1.82, 2.24) is 5.32 Å². The van der Waals surface area contributed by atoms with E-state index in [-0.39, 0.29) is 19.1 Å². The van der Waals surface area contributed by atoms with Gasteiger partial charge in [-0.25, -0.2) is 4.57 Å². The molecule has 0 aliphatic carbocycles. The van der Waals surface area contributed by atoms with Crippen LogP contribution in [0.25, 0.3) is 0 Å². The Morgan fingerprint density at radius 1 is 0.440 bits per heavy atom. The van der Waals surface area contributed by atoms with E-state index < -0.39 is 20.0 Å². The van der Waals surface area contributed by atoms with Crippen molar-refractivity contribution < 1.29 is 32.9 Å². The molecular formula is C66H132N2O6P+. The van der Waals surface area contributed by atoms with Crippen LogP contribution in [0.4, 0.5) is 0 Å². The fraction of sp³-hybridized carbons (Fsp3) is 0.924. The smallest absolute Gasteiger partial charge is 0.387 e. The number of phosphoric acid groups is 1. The molecule has 0 saturated heterocycles. The summed E-state index contributed by atoms with van der Waals surface area (Å²) >= 11 is 0. The van der Waals surface area contributed by atoms with Crippen LogP contribution in [0.2, 0.25) is 0 Å². The van der Waals surface area contributed by atoms with Crippen LogP contribution in [0.1, 0.15) is 341 Å². The van der Waals surface area contributed by atoms with Gasteiger partial charge in [0.2, 0.25) is 5.91 Å². The number of hydrogen-bond donors (Lipinski definition) is 3. The van der Waals surface area contributed by atoms with Gasteiger partial charge in [0.15, 0.2) is 0 Å². The molecule has 0 aliphatic heterocycles. The van der Waals surface area contributed by atoms with Gasteiger partial charge < -0.3 is 19.8 Å². The van der Waals surface area contributed by atoms with Gasteiger partial charge in [0, 0.05) is 6.42 Å². The molecule has 75 heavy (non-hydrogen) atoms. The molecule has 0 aromatic carbocycles. The van der Waals surface area contributed by atoms with E-state index in [1.165, 1.54) is 283 Å². The number of carbonyl (C=O) groups is 1. The number of hydrogen-bond acceptors (Lipinski definition) is 5. The molecule has 0 radical (unpaired) electrons. The summed E-state index contributed by atoms with van der Waals surface area (Å²) in [6.45, 7) is 4.83. The van der Waals surface area contributed by atoms with E-state index in [1.807, 2.05) is 27.2 Å². The number of allylic oxidation sites excluding steroid dienone is 3. The summed E-state index contributed by atoms with van der Waals surface area (Å²) in [5.41, 5.74) is 0. The summed E-state index contributed by atoms with van der Waals surface area (Å²) in [5, 5.41) is 13.9. The largest absolute Gasteiger partial charge is 0.472 e. The highest BCUT2D eigenvalue weighted by Crippen LogP contribution is 2.43. The third kappa shape index (κ3) is 60.5. The minimum Gasteiger partial charge on any atom is -0.387 e. The van der Waals surface area contributed by atoms with Gasteiger partial charge in [-0.1, -0.05) is 327 Å². The first-order chi connectivity index (χ1) is 36.5. The minimum absolute atomic E-state index is 0.0586. The predicted molar refractivity (Wildman–Crippen MR) is 328 cm³/mol. The molecule has 0 rings (SSSR count). The molecule has 8 nitrogen and oxygen atoms in total. The van der Waals surface area contributed by atoms with Gasteiger partial charge in [0.1, 0.15) is 13.2 Å². The molecule has 3 atom stereocenters. The maximum absolute atomic E-state index is 13.0. The fourth-order valence-electron chi connectivity index (χ4n) is 10.2. The van der Waals surface area contributed by atoms with E-state index in [9.17, 15) is 19.4 Å². The van der Waals surface area contributed by atoms with Crippen LogP contribution in [0.15, 0.2) is 24.3 Å². The molecule has 0 aromatic heterocycles. The second-order valence-corrected chi connectivity index (χ2v) is 25.7. The van der Waals surface area contributed by atoms with Crippen LogP contribution in [0.5, 0.6) is 0 Å². The summed E-state index contributed by atoms with van der Waals surface area (Å²) in [6, 6.07) is -0.860. The number of aliphatic hydroxyl groups excluding tert-OH is 1. The second-order valence-electron chi connectivity index (χ2n) is 24.2. The Labute approximate surface area is 468 Å². The van der Waals surface area contributed by atoms with Gasteiger partial charge in [-0.15, -0.1) is 0 Å². The maximum atomic E-state index is 13.0. The van der Waals surface area contributed by atoms with Gasteiger partial charge in [-0.2, -0.15) is 0 Å². The van der Waals surface area contributed by atoms with Gasteiger partial charge in [0.25, 0.3) is 0 Å². The number of aliphatic hydroxyl groups is 1. The van der Waals surface area contributed by atoms with Gasteiger partial charge >= 0.3 is 7.82 Å². The normalized spacial score (nSPS) is 13.9. The standard InChI is InChI=1S/C66H131N2O6P/c1-6-8-10-12-14-16-18-20-22-23-24-25-26-27-28-29-30-31-32-33-34-35-36-37-38-39-40-41-42-43-44-45-46-48-50-52-54-56-58-60-66(70)67-64(63-74-75(71,72)73-62-61-68(3,4)5)65(69)59-57-55-53-51-49-47-21-19-17-15-13-11-9-7-2/h49,51,57,59,64-65,69H,6-48,50,52-56,58,60-63H2,1-5H3,(H-,67,70,71,72)/p+1/b51-49+,59-57+. The molecule has 3 unspecified atom stereocenters. The lowest BCUT2D eigenvalue weighted by molar-refractivity contribution is -0.870. The topological polar surface area (TPSA) is 105 Å². The number of phosphoric ester groups is 1. The number of rotatable bonds is 62. The molecule has 1 amide bonds. The first-order valence-corrected chi connectivity index (χ1v) is 34.7. The molecule has 9 heteroatoms. The van der Waals surface area contributed by atoms with Crippen molar-refractivity contribution in [2.75, 3.05) is 40.9 Å². The van der Waals surface area contributed by atoms with Crippen LogP contribution in [0.3, 0.4) is 0 Å². The summed E-state index contributed by atoms with van der Waals surface area (Å²) in [7, 11) is 1.57. The third-order valence-electron chi connectivity index (χ3n) is 15.4. The summed E-state index contributed by atoms with van der Waals surface area (Å²) in [5.74, 6) is -0.180. The van der Waals surface area contributed by atoms with Crippen molar-refractivity contribution in [3.63, 3.8) is 0 Å². The van der Waals surface area contributed by atoms with Crippen LogP contribution >= 0.6 is 7.82 Å². The number of nitrogens with one attached hydrogen (secondary N) is 1. The first-order valence-electron chi connectivity index (χ1n) is 33.2. The van der Waals surface area contributed by atoms with Crippen molar-refractivity contribution in [3.05, 3.63) is 24.3 Å². The Kier molecular flexibility index (Phi) is 56.9. The average Bonchev–Trinajstić information content (AvgIpc) is 3.37. The molecule has 0 heterocycles. The molecule has 446 valence electrons. The maximum Gasteiger partial charge on any atom is 0.472 e. The van der Waals surface area contributed by atoms with Crippen molar-refractivity contribution >= 4 is 13.7 Å². The Hall–Kier alpha value is -1.02. The quantitative estimate of drug-likeness (QED) is 0.0243. The monoisotopic (exact) mass is 1080 g/mol. The summed E-state index contributed by atoms with van der Waals surface area (Å²) in [6.07, 6.45) is 74.9.